The lowest BCUT2D eigenvalue weighted by Crippen LogP contribution is -2.53. The third kappa shape index (κ3) is 5.31. The standard InChI is InChI=1S/C22H32BF2NO5/c1-20(2,3)29-19(27)26-11-14(12-26)13-28-17-10-15(18(24)25)8-9-16(17)23-30-21(4,5)22(6,7)31-23/h8-10,14,18H,11-13H2,1-7H3. The molecule has 1 amide bonds. The van der Waals surface area contributed by atoms with E-state index < -0.39 is 30.3 Å². The third-order valence-electron chi connectivity index (χ3n) is 5.88. The first-order valence-electron chi connectivity index (χ1n) is 10.6. The summed E-state index contributed by atoms with van der Waals surface area (Å²) in [5, 5.41) is 0. The van der Waals surface area contributed by atoms with Gasteiger partial charge >= 0.3 is 13.2 Å². The van der Waals surface area contributed by atoms with Gasteiger partial charge in [-0.05, 0) is 54.5 Å². The van der Waals surface area contributed by atoms with Crippen LogP contribution in [0.5, 0.6) is 5.75 Å². The van der Waals surface area contributed by atoms with Crippen molar-refractivity contribution in [2.24, 2.45) is 5.92 Å². The lowest BCUT2D eigenvalue weighted by Gasteiger charge is -2.39. The first-order valence-corrected chi connectivity index (χ1v) is 10.6. The van der Waals surface area contributed by atoms with Crippen molar-refractivity contribution in [3.05, 3.63) is 23.8 Å². The van der Waals surface area contributed by atoms with E-state index in [2.05, 4.69) is 0 Å². The molecule has 31 heavy (non-hydrogen) atoms. The van der Waals surface area contributed by atoms with Gasteiger partial charge in [0.2, 0.25) is 0 Å². The summed E-state index contributed by atoms with van der Waals surface area (Å²) in [7, 11) is -0.716. The Morgan fingerprint density at radius 3 is 2.29 bits per heavy atom. The van der Waals surface area contributed by atoms with Gasteiger partial charge in [-0.2, -0.15) is 0 Å². The largest absolute Gasteiger partial charge is 0.498 e. The van der Waals surface area contributed by atoms with Crippen molar-refractivity contribution in [3.8, 4) is 5.75 Å². The Labute approximate surface area is 183 Å². The summed E-state index contributed by atoms with van der Waals surface area (Å²) >= 11 is 0. The highest BCUT2D eigenvalue weighted by Crippen LogP contribution is 2.37. The SMILES string of the molecule is CC(C)(C)OC(=O)N1CC(COc2cc(C(F)F)ccc2B2OC(C)(C)C(C)(C)O2)C1. The lowest BCUT2D eigenvalue weighted by atomic mass is 9.78. The molecule has 6 nitrogen and oxygen atoms in total. The van der Waals surface area contributed by atoms with Crippen molar-refractivity contribution in [1.82, 2.24) is 4.90 Å². The summed E-state index contributed by atoms with van der Waals surface area (Å²) in [4.78, 5) is 13.7. The molecule has 1 aromatic carbocycles. The van der Waals surface area contributed by atoms with Gasteiger partial charge in [-0.3, -0.25) is 0 Å². The minimum atomic E-state index is -2.61. The zero-order valence-electron chi connectivity index (χ0n) is 19.3. The van der Waals surface area contributed by atoms with Crippen molar-refractivity contribution in [1.29, 1.82) is 0 Å². The number of hydrogen-bond donors (Lipinski definition) is 0. The maximum Gasteiger partial charge on any atom is 0.498 e. The molecule has 0 atom stereocenters. The zero-order chi connectivity index (χ0) is 23.2. The molecule has 172 valence electrons. The molecule has 0 unspecified atom stereocenters. The van der Waals surface area contributed by atoms with Crippen molar-refractivity contribution in [3.63, 3.8) is 0 Å². The van der Waals surface area contributed by atoms with Crippen LogP contribution < -0.4 is 10.2 Å². The number of likely N-dealkylation sites (tertiary alicyclic amines) is 1. The molecule has 0 bridgehead atoms. The van der Waals surface area contributed by atoms with Crippen LogP contribution in [0.4, 0.5) is 13.6 Å². The van der Waals surface area contributed by atoms with Gasteiger partial charge in [-0.1, -0.05) is 12.1 Å². The van der Waals surface area contributed by atoms with Crippen LogP contribution in [0.3, 0.4) is 0 Å². The highest BCUT2D eigenvalue weighted by Gasteiger charge is 2.52. The Bertz CT molecular complexity index is 803. The normalized spacial score (nSPS) is 20.7. The second-order valence-corrected chi connectivity index (χ2v) is 10.2. The Hall–Kier alpha value is -1.87. The lowest BCUT2D eigenvalue weighted by molar-refractivity contribution is -0.00779. The average Bonchev–Trinajstić information content (AvgIpc) is 2.79. The van der Waals surface area contributed by atoms with Crippen molar-refractivity contribution < 1.29 is 32.4 Å². The van der Waals surface area contributed by atoms with Gasteiger partial charge in [0.1, 0.15) is 11.4 Å². The molecule has 0 N–H and O–H groups in total. The molecule has 2 aliphatic heterocycles. The fourth-order valence-corrected chi connectivity index (χ4v) is 3.33. The van der Waals surface area contributed by atoms with Crippen LogP contribution in [-0.2, 0) is 14.0 Å². The van der Waals surface area contributed by atoms with Crippen LogP contribution in [0.25, 0.3) is 0 Å². The highest BCUT2D eigenvalue weighted by atomic mass is 19.3. The van der Waals surface area contributed by atoms with Crippen molar-refractivity contribution in [2.75, 3.05) is 19.7 Å². The number of amides is 1. The van der Waals surface area contributed by atoms with E-state index in [-0.39, 0.29) is 17.6 Å². The second kappa shape index (κ2) is 8.24. The summed E-state index contributed by atoms with van der Waals surface area (Å²) in [6.07, 6.45) is -2.97. The van der Waals surface area contributed by atoms with Gasteiger partial charge in [0.15, 0.2) is 0 Å². The summed E-state index contributed by atoms with van der Waals surface area (Å²) in [5.74, 6) is 0.404. The molecule has 3 rings (SSSR count). The molecule has 0 aliphatic carbocycles. The van der Waals surface area contributed by atoms with Gasteiger partial charge in [0, 0.05) is 30.0 Å². The Morgan fingerprint density at radius 2 is 1.77 bits per heavy atom. The fourth-order valence-electron chi connectivity index (χ4n) is 3.33. The Morgan fingerprint density at radius 1 is 1.19 bits per heavy atom. The van der Waals surface area contributed by atoms with Gasteiger partial charge in [-0.25, -0.2) is 13.6 Å². The minimum Gasteiger partial charge on any atom is -0.494 e. The Balaban J connectivity index is 1.67. The third-order valence-corrected chi connectivity index (χ3v) is 5.88. The first kappa shape index (κ1) is 23.8. The molecule has 2 saturated heterocycles. The molecule has 0 aromatic heterocycles. The van der Waals surface area contributed by atoms with E-state index in [0.29, 0.717) is 30.9 Å². The molecular weight excluding hydrogens is 407 g/mol. The highest BCUT2D eigenvalue weighted by molar-refractivity contribution is 6.63. The molecule has 2 aliphatic rings. The molecular formula is C22H32BF2NO5. The van der Waals surface area contributed by atoms with E-state index in [1.807, 2.05) is 48.5 Å². The number of ether oxygens (including phenoxy) is 2. The van der Waals surface area contributed by atoms with Crippen LogP contribution >= 0.6 is 0 Å². The smallest absolute Gasteiger partial charge is 0.494 e. The quantitative estimate of drug-likeness (QED) is 0.645. The van der Waals surface area contributed by atoms with Crippen LogP contribution in [0.1, 0.15) is 60.5 Å². The summed E-state index contributed by atoms with van der Waals surface area (Å²) in [5.41, 5.74) is -1.21. The first-order chi connectivity index (χ1) is 14.2. The van der Waals surface area contributed by atoms with Gasteiger partial charge in [-0.15, -0.1) is 0 Å². The average molecular weight is 439 g/mol. The van der Waals surface area contributed by atoms with Crippen molar-refractivity contribution in [2.45, 2.75) is 71.7 Å². The summed E-state index contributed by atoms with van der Waals surface area (Å²) in [6.45, 7) is 14.5. The second-order valence-electron chi connectivity index (χ2n) is 10.2. The maximum atomic E-state index is 13.3. The molecule has 0 saturated carbocycles. The number of hydrogen-bond acceptors (Lipinski definition) is 5. The summed E-state index contributed by atoms with van der Waals surface area (Å²) < 4.78 is 50.0. The maximum absolute atomic E-state index is 13.3. The molecule has 2 fully saturated rings. The van der Waals surface area contributed by atoms with Gasteiger partial charge < -0.3 is 23.7 Å². The molecule has 1 aromatic rings. The fraction of sp³-hybridized carbons (Fsp3) is 0.682. The Kier molecular flexibility index (Phi) is 6.33. The molecule has 9 heteroatoms. The monoisotopic (exact) mass is 439 g/mol. The zero-order valence-corrected chi connectivity index (χ0v) is 19.3. The predicted octanol–water partition coefficient (Wildman–Crippen LogP) is 4.17. The topological polar surface area (TPSA) is 57.2 Å². The molecule has 0 spiro atoms. The number of halogens is 2. The number of rotatable bonds is 5. The van der Waals surface area contributed by atoms with Crippen LogP contribution in [0, 0.1) is 5.92 Å². The number of nitrogens with zero attached hydrogens (tertiary/aromatic N) is 1. The number of carbonyl (C=O) groups excluding carboxylic acids is 1. The number of alkyl halides is 2. The van der Waals surface area contributed by atoms with E-state index in [1.54, 1.807) is 11.0 Å². The van der Waals surface area contributed by atoms with Gasteiger partial charge in [0.25, 0.3) is 6.43 Å². The molecule has 0 radical (unpaired) electrons. The molecule has 2 heterocycles. The van der Waals surface area contributed by atoms with Crippen LogP contribution in [0.2, 0.25) is 0 Å². The van der Waals surface area contributed by atoms with Crippen LogP contribution in [0.15, 0.2) is 18.2 Å². The number of carbonyl (C=O) groups is 1. The van der Waals surface area contributed by atoms with E-state index in [0.717, 1.165) is 0 Å². The number of benzene rings is 1. The van der Waals surface area contributed by atoms with Crippen LogP contribution in [-0.4, -0.2) is 54.6 Å². The van der Waals surface area contributed by atoms with E-state index in [1.165, 1.54) is 12.1 Å². The van der Waals surface area contributed by atoms with Crippen molar-refractivity contribution >= 4 is 18.7 Å². The van der Waals surface area contributed by atoms with Gasteiger partial charge in [0.05, 0.1) is 17.8 Å². The minimum absolute atomic E-state index is 0.0915. The summed E-state index contributed by atoms with van der Waals surface area (Å²) in [6, 6.07) is 4.29. The van der Waals surface area contributed by atoms with E-state index in [4.69, 9.17) is 18.8 Å². The predicted molar refractivity (Wildman–Crippen MR) is 114 cm³/mol. The van der Waals surface area contributed by atoms with E-state index in [9.17, 15) is 13.6 Å². The van der Waals surface area contributed by atoms with E-state index >= 15 is 0 Å².